The average Bonchev–Trinajstić information content (AvgIpc) is 1.62. The SMILES string of the molecule is C1COCCNN1.CCc1cc(C)cc(CC)c1-c1c(OC(=O)C(C)(C)C)n2n(c1=O)CCOCC2.CCc1cc(C)cc(CC)c1C(NC=O)C(N)=O.O=S(=O)(O)O.[C-]#[N+]C(C#N)=C1/C(=C/C)C=C(C)CC1CC.[C-]#[N+]C(C#N)c1c(CC)cc(C)cc1CC. The lowest BCUT2D eigenvalue weighted by molar-refractivity contribution is -0.143. The summed E-state index contributed by atoms with van der Waals surface area (Å²) in [5.74, 6) is -0.225. The molecule has 4 aromatic rings. The monoisotopic (exact) mass is 1270 g/mol. The number of nitriles is 2. The summed E-state index contributed by atoms with van der Waals surface area (Å²) >= 11 is 0. The molecule has 7 rings (SSSR count). The number of ether oxygens (including phenoxy) is 3. The van der Waals surface area contributed by atoms with Crippen LogP contribution in [0.3, 0.4) is 0 Å². The molecule has 2 amide bonds. The van der Waals surface area contributed by atoms with Crippen molar-refractivity contribution in [3.8, 4) is 29.1 Å². The molecule has 0 spiro atoms. The molecular formula is C69H96N10O11S. The summed E-state index contributed by atoms with van der Waals surface area (Å²) in [5, 5.41) is 20.5. The molecule has 3 aromatic carbocycles. The lowest BCUT2D eigenvalue weighted by atomic mass is 9.79. The Morgan fingerprint density at radius 1 is 0.780 bits per heavy atom. The number of benzene rings is 3. The smallest absolute Gasteiger partial charge is 0.394 e. The number of esters is 1. The number of hydrogen-bond donors (Lipinski definition) is 6. The molecule has 1 saturated heterocycles. The van der Waals surface area contributed by atoms with E-state index in [1.165, 1.54) is 16.7 Å². The highest BCUT2D eigenvalue weighted by Crippen LogP contribution is 2.39. The predicted molar refractivity (Wildman–Crippen MR) is 356 cm³/mol. The largest absolute Gasteiger partial charge is 0.407 e. The van der Waals surface area contributed by atoms with Crippen molar-refractivity contribution >= 4 is 28.7 Å². The minimum atomic E-state index is -4.67. The Bertz CT molecular complexity index is 3450. The second-order valence-electron chi connectivity index (χ2n) is 22.8. The molecule has 3 unspecified atom stereocenters. The third kappa shape index (κ3) is 23.9. The van der Waals surface area contributed by atoms with Crippen molar-refractivity contribution in [3.05, 3.63) is 165 Å². The van der Waals surface area contributed by atoms with Gasteiger partial charge in [0.25, 0.3) is 11.3 Å². The number of aryl methyl sites for hydroxylation is 9. The van der Waals surface area contributed by atoms with Gasteiger partial charge in [0.1, 0.15) is 11.6 Å². The summed E-state index contributed by atoms with van der Waals surface area (Å²) < 4.78 is 51.6. The van der Waals surface area contributed by atoms with E-state index in [-0.39, 0.29) is 17.2 Å². The quantitative estimate of drug-likeness (QED) is 0.0225. The van der Waals surface area contributed by atoms with E-state index in [4.69, 9.17) is 61.1 Å². The number of hydrogen-bond acceptors (Lipinski definition) is 13. The Morgan fingerprint density at radius 2 is 1.22 bits per heavy atom. The molecule has 22 heteroatoms. The van der Waals surface area contributed by atoms with E-state index in [2.05, 4.69) is 118 Å². The summed E-state index contributed by atoms with van der Waals surface area (Å²) in [4.78, 5) is 55.2. The van der Waals surface area contributed by atoms with Crippen LogP contribution in [0, 0.1) is 67.9 Å². The molecule has 0 radical (unpaired) electrons. The van der Waals surface area contributed by atoms with Crippen molar-refractivity contribution in [1.82, 2.24) is 25.5 Å². The molecule has 1 aromatic heterocycles. The number of aromatic nitrogens is 2. The second-order valence-corrected chi connectivity index (χ2v) is 23.7. The number of nitrogens with two attached hydrogens (primary N) is 1. The predicted octanol–water partition coefficient (Wildman–Crippen LogP) is 11.2. The zero-order chi connectivity index (χ0) is 68.8. The molecule has 2 aliphatic heterocycles. The Kier molecular flexibility index (Phi) is 34.1. The first-order valence-electron chi connectivity index (χ1n) is 30.9. The van der Waals surface area contributed by atoms with Gasteiger partial charge in [-0.15, -0.1) is 0 Å². The van der Waals surface area contributed by atoms with Crippen molar-refractivity contribution in [2.24, 2.45) is 17.1 Å². The maximum absolute atomic E-state index is 13.5. The summed E-state index contributed by atoms with van der Waals surface area (Å²) in [6, 6.07) is 15.2. The molecular weight excluding hydrogens is 1180 g/mol. The number of amides is 2. The topological polar surface area (TPSA) is 299 Å². The van der Waals surface area contributed by atoms with Gasteiger partial charge in [-0.2, -0.15) is 13.7 Å². The molecule has 1 fully saturated rings. The summed E-state index contributed by atoms with van der Waals surface area (Å²) in [7, 11) is -4.67. The van der Waals surface area contributed by atoms with E-state index in [9.17, 15) is 19.2 Å². The molecule has 1 aliphatic carbocycles. The number of carbonyl (C=O) groups is 3. The van der Waals surface area contributed by atoms with Crippen molar-refractivity contribution in [3.63, 3.8) is 0 Å². The van der Waals surface area contributed by atoms with Gasteiger partial charge in [0.05, 0.1) is 63.1 Å². The van der Waals surface area contributed by atoms with Crippen LogP contribution in [0.2, 0.25) is 0 Å². The van der Waals surface area contributed by atoms with Crippen LogP contribution in [0.1, 0.15) is 169 Å². The Balaban J connectivity index is 0.000000400. The molecule has 91 heavy (non-hydrogen) atoms. The number of nitrogens with zero attached hydrogens (tertiary/aromatic N) is 6. The van der Waals surface area contributed by atoms with Crippen molar-refractivity contribution in [1.29, 1.82) is 10.5 Å². The molecule has 3 atom stereocenters. The lowest BCUT2D eigenvalue weighted by Crippen LogP contribution is -2.34. The zero-order valence-corrected chi connectivity index (χ0v) is 56.8. The number of carbonyl (C=O) groups excluding carboxylic acids is 3. The fourth-order valence-electron chi connectivity index (χ4n) is 10.8. The van der Waals surface area contributed by atoms with Crippen LogP contribution in [-0.4, -0.2) is 84.7 Å². The van der Waals surface area contributed by atoms with Crippen LogP contribution < -0.4 is 32.2 Å². The Morgan fingerprint density at radius 3 is 1.59 bits per heavy atom. The maximum atomic E-state index is 13.5. The van der Waals surface area contributed by atoms with Crippen LogP contribution >= 0.6 is 0 Å². The van der Waals surface area contributed by atoms with Crippen LogP contribution in [0.5, 0.6) is 5.88 Å². The van der Waals surface area contributed by atoms with Crippen molar-refractivity contribution in [2.75, 3.05) is 39.5 Å². The summed E-state index contributed by atoms with van der Waals surface area (Å²) in [5.41, 5.74) is 27.4. The minimum absolute atomic E-state index is 0.125. The van der Waals surface area contributed by atoms with E-state index in [0.29, 0.717) is 50.1 Å². The fraction of sp³-hybridized carbons (Fsp3) is 0.507. The third-order valence-corrected chi connectivity index (χ3v) is 15.0. The fourth-order valence-corrected chi connectivity index (χ4v) is 10.8. The van der Waals surface area contributed by atoms with E-state index in [1.54, 1.807) is 9.36 Å². The standard InChI is InChI=1S/C23H32N2O4.C14H20N2O2.2C14H16N2.C4H10N2O.H2O4S/c1-7-16-13-15(3)14-17(8-2)18(16)19-20(26)24-9-11-28-12-10-25(24)21(19)29-22(27)23(4,5)6;1-4-10-6-9(3)7-11(5-2)12(10)13(14(15)18)16-8-17;2*1-5-11-7-10(3)8-12(6-2)14(11)13(9-15)16-4;1-3-7-4-2-6-5-1;1-5(2,3)4/h13-14H,7-12H2,1-6H3;6-8,13H,4-5H2,1-3H3,(H2,15,18)(H,16,17);7-8,13H,5-6H2,1-3H3;5,7,12H,6,8H2,1-3H3;5-6H,1-4H2;(H2,1,2,3,4)/b;;;11-5+,14-13?;;. The van der Waals surface area contributed by atoms with Crippen LogP contribution in [-0.2, 0) is 85.9 Å². The minimum Gasteiger partial charge on any atom is -0.407 e. The normalized spacial score (nSPS) is 16.0. The highest BCUT2D eigenvalue weighted by molar-refractivity contribution is 7.79. The number of fused-ring (bicyclic) bond motifs is 1. The molecule has 3 aliphatic rings. The van der Waals surface area contributed by atoms with E-state index in [1.807, 2.05) is 72.7 Å². The van der Waals surface area contributed by atoms with Crippen molar-refractivity contribution < 1.29 is 46.1 Å². The lowest BCUT2D eigenvalue weighted by Gasteiger charge is -2.26. The van der Waals surface area contributed by atoms with Gasteiger partial charge in [-0.25, -0.2) is 26.0 Å². The van der Waals surface area contributed by atoms with Crippen LogP contribution in [0.15, 0.2) is 75.8 Å². The second kappa shape index (κ2) is 39.3. The summed E-state index contributed by atoms with van der Waals surface area (Å²) in [6.45, 7) is 49.6. The number of primary amides is 1. The van der Waals surface area contributed by atoms with E-state index < -0.39 is 33.8 Å². The number of hydrazine groups is 1. The summed E-state index contributed by atoms with van der Waals surface area (Å²) in [6.07, 6.45) is 11.5. The number of allylic oxidation sites excluding steroid dienone is 6. The average molecular weight is 1270 g/mol. The third-order valence-electron chi connectivity index (χ3n) is 15.0. The van der Waals surface area contributed by atoms with Gasteiger partial charge in [-0.1, -0.05) is 126 Å². The van der Waals surface area contributed by atoms with Gasteiger partial charge < -0.3 is 25.3 Å². The highest BCUT2D eigenvalue weighted by atomic mass is 32.3. The first-order chi connectivity index (χ1) is 43.1. The van der Waals surface area contributed by atoms with Gasteiger partial charge in [0, 0.05) is 13.1 Å². The van der Waals surface area contributed by atoms with E-state index in [0.717, 1.165) is 144 Å². The zero-order valence-electron chi connectivity index (χ0n) is 56.0. The van der Waals surface area contributed by atoms with Crippen molar-refractivity contribution in [2.45, 2.75) is 180 Å². The molecule has 0 saturated carbocycles. The molecule has 7 N–H and O–H groups in total. The molecule has 494 valence electrons. The molecule has 21 nitrogen and oxygen atoms in total. The number of rotatable bonds is 14. The first kappa shape index (κ1) is 79.1. The highest BCUT2D eigenvalue weighted by Gasteiger charge is 2.33. The molecule has 3 heterocycles. The maximum Gasteiger partial charge on any atom is 0.394 e. The van der Waals surface area contributed by atoms with Gasteiger partial charge in [0.15, 0.2) is 6.07 Å². The first-order valence-corrected chi connectivity index (χ1v) is 32.3. The van der Waals surface area contributed by atoms with Gasteiger partial charge >= 0.3 is 22.4 Å². The Labute approximate surface area is 539 Å². The van der Waals surface area contributed by atoms with Gasteiger partial charge in [0.2, 0.25) is 18.2 Å². The van der Waals surface area contributed by atoms with E-state index >= 15 is 0 Å². The Hall–Kier alpha value is -8.03. The van der Waals surface area contributed by atoms with Gasteiger partial charge in [-0.05, 0) is 162 Å². The number of nitrogens with one attached hydrogen (secondary N) is 3. The van der Waals surface area contributed by atoms with Crippen LogP contribution in [0.4, 0.5) is 0 Å². The van der Waals surface area contributed by atoms with Crippen LogP contribution in [0.25, 0.3) is 20.8 Å². The molecule has 0 bridgehead atoms. The van der Waals surface area contributed by atoms with Gasteiger partial charge in [-0.3, -0.25) is 44.0 Å².